The molecule has 0 fully saturated rings. The molecule has 0 heterocycles. The highest BCUT2D eigenvalue weighted by Gasteiger charge is 2.21. The van der Waals surface area contributed by atoms with Gasteiger partial charge in [-0.05, 0) is 40.2 Å². The standard InChI is InChI=1S/C12H6Br2F3NO2S/c13-6-1-2-12(10(17)3-6)21(19,20)18-11-4-7(14)8(15)5-9(11)16/h1-5,18H. The van der Waals surface area contributed by atoms with Gasteiger partial charge in [0.1, 0.15) is 22.3 Å². The van der Waals surface area contributed by atoms with E-state index < -0.39 is 38.1 Å². The van der Waals surface area contributed by atoms with Crippen molar-refractivity contribution in [2.24, 2.45) is 0 Å². The van der Waals surface area contributed by atoms with Gasteiger partial charge < -0.3 is 0 Å². The Morgan fingerprint density at radius 2 is 1.57 bits per heavy atom. The Bertz CT molecular complexity index is 812. The molecule has 2 aromatic carbocycles. The molecular weight excluding hydrogens is 439 g/mol. The van der Waals surface area contributed by atoms with E-state index in [1.54, 1.807) is 0 Å². The minimum atomic E-state index is -4.34. The summed E-state index contributed by atoms with van der Waals surface area (Å²) in [5.41, 5.74) is -0.495. The maximum absolute atomic E-state index is 13.7. The third-order valence-corrected chi connectivity index (χ3v) is 4.94. The van der Waals surface area contributed by atoms with Gasteiger partial charge in [-0.1, -0.05) is 15.9 Å². The zero-order valence-corrected chi connectivity index (χ0v) is 14.0. The van der Waals surface area contributed by atoms with Crippen LogP contribution in [0.3, 0.4) is 0 Å². The molecule has 0 aliphatic rings. The van der Waals surface area contributed by atoms with E-state index in [0.717, 1.165) is 18.2 Å². The number of halogens is 5. The zero-order valence-electron chi connectivity index (χ0n) is 10.0. The fraction of sp³-hybridized carbons (Fsp3) is 0. The lowest BCUT2D eigenvalue weighted by Gasteiger charge is -2.10. The Morgan fingerprint density at radius 1 is 0.905 bits per heavy atom. The van der Waals surface area contributed by atoms with E-state index in [-0.39, 0.29) is 4.47 Å². The van der Waals surface area contributed by atoms with Crippen LogP contribution in [0.1, 0.15) is 0 Å². The van der Waals surface area contributed by atoms with Crippen molar-refractivity contribution in [1.29, 1.82) is 0 Å². The predicted octanol–water partition coefficient (Wildman–Crippen LogP) is 4.43. The van der Waals surface area contributed by atoms with Crippen LogP contribution in [0.25, 0.3) is 0 Å². The summed E-state index contributed by atoms with van der Waals surface area (Å²) in [6.07, 6.45) is 0. The summed E-state index contributed by atoms with van der Waals surface area (Å²) in [7, 11) is -4.34. The van der Waals surface area contributed by atoms with Crippen molar-refractivity contribution in [3.63, 3.8) is 0 Å². The number of nitrogens with one attached hydrogen (secondary N) is 1. The fourth-order valence-electron chi connectivity index (χ4n) is 1.49. The monoisotopic (exact) mass is 443 g/mol. The molecule has 0 aliphatic heterocycles. The minimum Gasteiger partial charge on any atom is -0.277 e. The Balaban J connectivity index is 2.45. The third kappa shape index (κ3) is 3.58. The molecule has 0 spiro atoms. The van der Waals surface area contributed by atoms with Gasteiger partial charge in [0, 0.05) is 10.5 Å². The van der Waals surface area contributed by atoms with Crippen LogP contribution in [0.2, 0.25) is 0 Å². The van der Waals surface area contributed by atoms with Gasteiger partial charge in [0.15, 0.2) is 0 Å². The summed E-state index contributed by atoms with van der Waals surface area (Å²) < 4.78 is 66.5. The van der Waals surface area contributed by atoms with Crippen LogP contribution in [0.4, 0.5) is 18.9 Å². The molecule has 2 aromatic rings. The van der Waals surface area contributed by atoms with Crippen LogP contribution in [0, 0.1) is 17.5 Å². The largest absolute Gasteiger partial charge is 0.277 e. The van der Waals surface area contributed by atoms with Gasteiger partial charge in [0.25, 0.3) is 10.0 Å². The van der Waals surface area contributed by atoms with Crippen LogP contribution in [-0.2, 0) is 10.0 Å². The van der Waals surface area contributed by atoms with Crippen molar-refractivity contribution in [2.75, 3.05) is 4.72 Å². The van der Waals surface area contributed by atoms with Crippen LogP contribution >= 0.6 is 31.9 Å². The summed E-state index contributed by atoms with van der Waals surface area (Å²) in [5.74, 6) is -3.00. The molecule has 0 saturated heterocycles. The van der Waals surface area contributed by atoms with E-state index >= 15 is 0 Å². The van der Waals surface area contributed by atoms with E-state index in [0.29, 0.717) is 10.5 Å². The van der Waals surface area contributed by atoms with E-state index in [9.17, 15) is 21.6 Å². The van der Waals surface area contributed by atoms with Gasteiger partial charge in [-0.15, -0.1) is 0 Å². The molecule has 0 amide bonds. The molecule has 112 valence electrons. The lowest BCUT2D eigenvalue weighted by molar-refractivity contribution is 0.566. The van der Waals surface area contributed by atoms with Crippen molar-refractivity contribution >= 4 is 47.6 Å². The fourth-order valence-corrected chi connectivity index (χ4v) is 3.29. The van der Waals surface area contributed by atoms with E-state index in [4.69, 9.17) is 0 Å². The van der Waals surface area contributed by atoms with Gasteiger partial charge in [-0.2, -0.15) is 0 Å². The first-order valence-corrected chi connectivity index (χ1v) is 8.40. The lowest BCUT2D eigenvalue weighted by atomic mass is 10.3. The summed E-state index contributed by atoms with van der Waals surface area (Å²) >= 11 is 5.81. The second kappa shape index (κ2) is 5.98. The Morgan fingerprint density at radius 3 is 2.19 bits per heavy atom. The zero-order chi connectivity index (χ0) is 15.8. The Hall–Kier alpha value is -1.06. The van der Waals surface area contributed by atoms with Crippen molar-refractivity contribution in [1.82, 2.24) is 0 Å². The molecule has 0 saturated carbocycles. The smallest absolute Gasteiger partial charge is 0.264 e. The molecular formula is C12H6Br2F3NO2S. The van der Waals surface area contributed by atoms with Crippen LogP contribution in [0.15, 0.2) is 44.2 Å². The first kappa shape index (κ1) is 16.3. The summed E-state index contributed by atoms with van der Waals surface area (Å²) in [5, 5.41) is 0. The molecule has 21 heavy (non-hydrogen) atoms. The highest BCUT2D eigenvalue weighted by atomic mass is 79.9. The first-order valence-electron chi connectivity index (χ1n) is 5.33. The van der Waals surface area contributed by atoms with Crippen LogP contribution in [0.5, 0.6) is 0 Å². The molecule has 0 radical (unpaired) electrons. The molecule has 1 N–H and O–H groups in total. The van der Waals surface area contributed by atoms with Gasteiger partial charge in [-0.3, -0.25) is 4.72 Å². The second-order valence-corrected chi connectivity index (χ2v) is 7.35. The highest BCUT2D eigenvalue weighted by molar-refractivity contribution is 9.10. The normalized spacial score (nSPS) is 11.5. The molecule has 0 atom stereocenters. The second-order valence-electron chi connectivity index (χ2n) is 3.93. The maximum atomic E-state index is 13.7. The SMILES string of the molecule is O=S(=O)(Nc1cc(Br)c(F)cc1F)c1ccc(Br)cc1F. The van der Waals surface area contributed by atoms with Crippen LogP contribution in [-0.4, -0.2) is 8.42 Å². The van der Waals surface area contributed by atoms with E-state index in [1.807, 2.05) is 4.72 Å². The molecule has 3 nitrogen and oxygen atoms in total. The van der Waals surface area contributed by atoms with Crippen LogP contribution < -0.4 is 4.72 Å². The minimum absolute atomic E-state index is 0.127. The number of rotatable bonds is 3. The summed E-state index contributed by atoms with van der Waals surface area (Å²) in [6, 6.07) is 4.75. The molecule has 0 aliphatic carbocycles. The first-order chi connectivity index (χ1) is 9.70. The topological polar surface area (TPSA) is 46.2 Å². The van der Waals surface area contributed by atoms with E-state index in [2.05, 4.69) is 31.9 Å². The van der Waals surface area contributed by atoms with Crippen molar-refractivity contribution in [3.05, 3.63) is 56.7 Å². The predicted molar refractivity (Wildman–Crippen MR) is 79.0 cm³/mol. The highest BCUT2D eigenvalue weighted by Crippen LogP contribution is 2.27. The van der Waals surface area contributed by atoms with Gasteiger partial charge in [-0.25, -0.2) is 21.6 Å². The number of hydrogen-bond acceptors (Lipinski definition) is 2. The molecule has 9 heteroatoms. The number of sulfonamides is 1. The van der Waals surface area contributed by atoms with Crippen molar-refractivity contribution in [3.8, 4) is 0 Å². The lowest BCUT2D eigenvalue weighted by Crippen LogP contribution is -2.15. The Kier molecular flexibility index (Phi) is 4.64. The van der Waals surface area contributed by atoms with E-state index in [1.165, 1.54) is 6.07 Å². The van der Waals surface area contributed by atoms with Gasteiger partial charge >= 0.3 is 0 Å². The number of benzene rings is 2. The van der Waals surface area contributed by atoms with Gasteiger partial charge in [0.2, 0.25) is 0 Å². The molecule has 0 aromatic heterocycles. The summed E-state index contributed by atoms with van der Waals surface area (Å²) in [4.78, 5) is -0.648. The number of hydrogen-bond donors (Lipinski definition) is 1. The maximum Gasteiger partial charge on any atom is 0.264 e. The average Bonchev–Trinajstić information content (AvgIpc) is 2.35. The molecule has 0 bridgehead atoms. The summed E-state index contributed by atoms with van der Waals surface area (Å²) in [6.45, 7) is 0. The van der Waals surface area contributed by atoms with Crippen molar-refractivity contribution in [2.45, 2.75) is 4.90 Å². The quantitative estimate of drug-likeness (QED) is 0.712. The molecule has 2 rings (SSSR count). The Labute approximate surface area is 135 Å². The van der Waals surface area contributed by atoms with Crippen molar-refractivity contribution < 1.29 is 21.6 Å². The number of anilines is 1. The molecule has 0 unspecified atom stereocenters. The van der Waals surface area contributed by atoms with Gasteiger partial charge in [0.05, 0.1) is 10.2 Å². The third-order valence-electron chi connectivity index (χ3n) is 2.44. The average molecular weight is 445 g/mol.